The molecule has 5 heteroatoms. The Bertz CT molecular complexity index is 1080. The number of nitrogens with one attached hydrogen (secondary N) is 1. The number of aryl methyl sites for hydroxylation is 1. The van der Waals surface area contributed by atoms with Gasteiger partial charge in [0, 0.05) is 16.8 Å². The van der Waals surface area contributed by atoms with Crippen LogP contribution in [0, 0.1) is 11.7 Å². The van der Waals surface area contributed by atoms with Crippen LogP contribution in [0.3, 0.4) is 0 Å². The van der Waals surface area contributed by atoms with E-state index in [4.69, 9.17) is 12.2 Å². The van der Waals surface area contributed by atoms with Gasteiger partial charge in [0.15, 0.2) is 4.77 Å². The number of hydrogen-bond acceptors (Lipinski definition) is 3. The number of fused-ring (bicyclic) bond motifs is 1. The average molecular weight is 347 g/mol. The summed E-state index contributed by atoms with van der Waals surface area (Å²) in [5.74, 6) is 0.0959. The number of aromatic nitrogens is 2. The van der Waals surface area contributed by atoms with Gasteiger partial charge in [-0.25, -0.2) is 0 Å². The number of para-hydroxylation sites is 1. The Morgan fingerprint density at radius 3 is 2.56 bits per heavy atom. The summed E-state index contributed by atoms with van der Waals surface area (Å²) in [4.78, 5) is 7.68. The van der Waals surface area contributed by atoms with Gasteiger partial charge in [0.1, 0.15) is 5.69 Å². The Morgan fingerprint density at radius 2 is 1.80 bits per heavy atom. The van der Waals surface area contributed by atoms with Crippen LogP contribution in [0.5, 0.6) is 5.88 Å². The normalized spacial score (nSPS) is 14.6. The number of imidazole rings is 1. The second-order valence-corrected chi connectivity index (χ2v) is 6.50. The average Bonchev–Trinajstić information content (AvgIpc) is 3.06. The number of hydrogen-bond donors (Lipinski definition) is 2. The highest BCUT2D eigenvalue weighted by atomic mass is 32.1. The standard InChI is InChI=1S/C20H17N3OS/c1-12-7-9-14(10-8-12)23-19(24)18(22-20(23)25)11-16-13(2)21-17-6-4-3-5-15(16)17/h3-11,24H,1-2H3,(H,22,25)/b16-11-. The molecule has 4 rings (SSSR count). The fourth-order valence-electron chi connectivity index (χ4n) is 3.04. The first-order valence-electron chi connectivity index (χ1n) is 8.02. The maximum atomic E-state index is 10.7. The van der Waals surface area contributed by atoms with Crippen molar-refractivity contribution in [2.24, 2.45) is 4.99 Å². The molecule has 25 heavy (non-hydrogen) atoms. The third-order valence-electron chi connectivity index (χ3n) is 4.35. The minimum absolute atomic E-state index is 0.0959. The predicted molar refractivity (Wildman–Crippen MR) is 104 cm³/mol. The molecule has 0 radical (unpaired) electrons. The molecule has 2 N–H and O–H groups in total. The highest BCUT2D eigenvalue weighted by Gasteiger charge is 2.19. The third-order valence-corrected chi connectivity index (χ3v) is 4.64. The summed E-state index contributed by atoms with van der Waals surface area (Å²) >= 11 is 5.41. The quantitative estimate of drug-likeness (QED) is 0.626. The van der Waals surface area contributed by atoms with E-state index >= 15 is 0 Å². The van der Waals surface area contributed by atoms with E-state index in [2.05, 4.69) is 9.98 Å². The van der Waals surface area contributed by atoms with Gasteiger partial charge in [-0.3, -0.25) is 9.56 Å². The zero-order valence-electron chi connectivity index (χ0n) is 13.9. The molecular weight excluding hydrogens is 330 g/mol. The summed E-state index contributed by atoms with van der Waals surface area (Å²) in [7, 11) is 0. The van der Waals surface area contributed by atoms with Crippen LogP contribution in [0.25, 0.3) is 17.3 Å². The number of H-pyrrole nitrogens is 1. The van der Waals surface area contributed by atoms with Crippen molar-refractivity contribution in [1.82, 2.24) is 9.55 Å². The lowest BCUT2D eigenvalue weighted by atomic mass is 10.0. The molecule has 1 aromatic heterocycles. The van der Waals surface area contributed by atoms with Crippen LogP contribution < -0.4 is 0 Å². The van der Waals surface area contributed by atoms with E-state index in [1.807, 2.05) is 68.5 Å². The molecule has 3 aromatic rings. The molecule has 124 valence electrons. The molecule has 0 fully saturated rings. The topological polar surface area (TPSA) is 53.3 Å². The number of aromatic amines is 1. The lowest BCUT2D eigenvalue weighted by molar-refractivity contribution is 0.441. The van der Waals surface area contributed by atoms with Crippen LogP contribution in [0.2, 0.25) is 0 Å². The molecule has 0 bridgehead atoms. The van der Waals surface area contributed by atoms with Crippen molar-refractivity contribution < 1.29 is 5.11 Å². The fraction of sp³-hybridized carbons (Fsp3) is 0.100. The summed E-state index contributed by atoms with van der Waals surface area (Å²) in [5.41, 5.74) is 6.46. The van der Waals surface area contributed by atoms with Gasteiger partial charge in [-0.1, -0.05) is 35.9 Å². The number of benzene rings is 2. The Balaban J connectivity index is 1.84. The van der Waals surface area contributed by atoms with Gasteiger partial charge in [-0.15, -0.1) is 0 Å². The lowest BCUT2D eigenvalue weighted by Gasteiger charge is -2.05. The Labute approximate surface area is 150 Å². The van der Waals surface area contributed by atoms with E-state index in [9.17, 15) is 5.11 Å². The van der Waals surface area contributed by atoms with Gasteiger partial charge in [0.05, 0.1) is 11.4 Å². The highest BCUT2D eigenvalue weighted by molar-refractivity contribution is 7.71. The third kappa shape index (κ3) is 2.62. The minimum Gasteiger partial charge on any atom is -0.493 e. The maximum Gasteiger partial charge on any atom is 0.222 e. The summed E-state index contributed by atoms with van der Waals surface area (Å²) in [6.45, 7) is 3.99. The molecule has 0 spiro atoms. The SMILES string of the molecule is CC1=Nc2ccccc2/C1=C\c1[nH]c(=S)n(-c2ccc(C)cc2)c1O. The number of aromatic hydroxyl groups is 1. The first-order chi connectivity index (χ1) is 12.0. The molecule has 2 aromatic carbocycles. The van der Waals surface area contributed by atoms with Gasteiger partial charge in [-0.2, -0.15) is 0 Å². The van der Waals surface area contributed by atoms with E-state index in [1.165, 1.54) is 0 Å². The van der Waals surface area contributed by atoms with Gasteiger partial charge >= 0.3 is 0 Å². The first-order valence-corrected chi connectivity index (χ1v) is 8.43. The van der Waals surface area contributed by atoms with Gasteiger partial charge in [0.2, 0.25) is 5.88 Å². The van der Waals surface area contributed by atoms with Crippen molar-refractivity contribution in [3.05, 3.63) is 70.1 Å². The van der Waals surface area contributed by atoms with Gasteiger partial charge in [-0.05, 0) is 50.3 Å². The zero-order chi connectivity index (χ0) is 17.6. The molecule has 1 aliphatic heterocycles. The van der Waals surface area contributed by atoms with Crippen LogP contribution >= 0.6 is 12.2 Å². The van der Waals surface area contributed by atoms with Gasteiger partial charge < -0.3 is 10.1 Å². The molecule has 0 amide bonds. The van der Waals surface area contributed by atoms with E-state index in [0.29, 0.717) is 10.5 Å². The van der Waals surface area contributed by atoms with Crippen LogP contribution in [0.1, 0.15) is 23.7 Å². The monoisotopic (exact) mass is 347 g/mol. The molecule has 4 nitrogen and oxygen atoms in total. The molecular formula is C20H17N3OS. The predicted octanol–water partition coefficient (Wildman–Crippen LogP) is 5.20. The summed E-state index contributed by atoms with van der Waals surface area (Å²) in [6, 6.07) is 15.8. The summed E-state index contributed by atoms with van der Waals surface area (Å²) in [6.07, 6.45) is 1.90. The van der Waals surface area contributed by atoms with Crippen LogP contribution in [-0.2, 0) is 0 Å². The molecule has 0 aliphatic carbocycles. The van der Waals surface area contributed by atoms with Crippen molar-refractivity contribution in [3.8, 4) is 11.6 Å². The molecule has 0 saturated carbocycles. The number of allylic oxidation sites excluding steroid dienone is 1. The van der Waals surface area contributed by atoms with E-state index < -0.39 is 0 Å². The second-order valence-electron chi connectivity index (χ2n) is 6.11. The number of rotatable bonds is 2. The Morgan fingerprint density at radius 1 is 1.08 bits per heavy atom. The largest absolute Gasteiger partial charge is 0.493 e. The fourth-order valence-corrected chi connectivity index (χ4v) is 3.34. The molecule has 0 unspecified atom stereocenters. The second kappa shape index (κ2) is 5.86. The van der Waals surface area contributed by atoms with E-state index in [-0.39, 0.29) is 5.88 Å². The number of aliphatic imine (C=N–C) groups is 1. The van der Waals surface area contributed by atoms with Crippen molar-refractivity contribution in [2.75, 3.05) is 0 Å². The minimum atomic E-state index is 0.0959. The van der Waals surface area contributed by atoms with E-state index in [1.54, 1.807) is 4.57 Å². The van der Waals surface area contributed by atoms with Crippen LogP contribution in [0.4, 0.5) is 5.69 Å². The van der Waals surface area contributed by atoms with E-state index in [0.717, 1.165) is 33.8 Å². The smallest absolute Gasteiger partial charge is 0.222 e. The summed E-state index contributed by atoms with van der Waals surface area (Å²) < 4.78 is 2.09. The molecule has 1 aliphatic rings. The Kier molecular flexibility index (Phi) is 3.66. The highest BCUT2D eigenvalue weighted by Crippen LogP contribution is 2.36. The zero-order valence-corrected chi connectivity index (χ0v) is 14.8. The molecule has 2 heterocycles. The van der Waals surface area contributed by atoms with Crippen molar-refractivity contribution >= 4 is 35.3 Å². The lowest BCUT2D eigenvalue weighted by Crippen LogP contribution is -1.93. The van der Waals surface area contributed by atoms with Crippen molar-refractivity contribution in [1.29, 1.82) is 0 Å². The molecule has 0 atom stereocenters. The number of nitrogens with zero attached hydrogens (tertiary/aromatic N) is 2. The Hall–Kier alpha value is -2.92. The van der Waals surface area contributed by atoms with Crippen molar-refractivity contribution in [3.63, 3.8) is 0 Å². The maximum absolute atomic E-state index is 10.7. The van der Waals surface area contributed by atoms with Crippen LogP contribution in [-0.4, -0.2) is 20.4 Å². The molecule has 0 saturated heterocycles. The summed E-state index contributed by atoms with van der Waals surface area (Å²) in [5, 5.41) is 10.7. The first kappa shape index (κ1) is 15.6. The van der Waals surface area contributed by atoms with Gasteiger partial charge in [0.25, 0.3) is 0 Å². The van der Waals surface area contributed by atoms with Crippen molar-refractivity contribution in [2.45, 2.75) is 13.8 Å². The van der Waals surface area contributed by atoms with Crippen LogP contribution in [0.15, 0.2) is 53.5 Å².